The van der Waals surface area contributed by atoms with Gasteiger partial charge >= 0.3 is 11.8 Å². The highest BCUT2D eigenvalue weighted by Crippen LogP contribution is 2.23. The fourth-order valence-corrected chi connectivity index (χ4v) is 2.02. The van der Waals surface area contributed by atoms with Gasteiger partial charge in [0.1, 0.15) is 17.4 Å². The molecule has 0 aliphatic carbocycles. The van der Waals surface area contributed by atoms with Crippen LogP contribution >= 0.6 is 0 Å². The van der Waals surface area contributed by atoms with Crippen LogP contribution in [0.1, 0.15) is 19.4 Å². The van der Waals surface area contributed by atoms with Crippen molar-refractivity contribution in [2.75, 3.05) is 13.7 Å². The van der Waals surface area contributed by atoms with Crippen LogP contribution in [-0.2, 0) is 9.47 Å². The van der Waals surface area contributed by atoms with Crippen LogP contribution in [0.4, 0.5) is 4.79 Å². The summed E-state index contributed by atoms with van der Waals surface area (Å²) in [6, 6.07) is 6.60. The van der Waals surface area contributed by atoms with Gasteiger partial charge in [-0.25, -0.2) is 9.59 Å². The fraction of sp³-hybridized carbons (Fsp3) is 0.294. The van der Waals surface area contributed by atoms with Gasteiger partial charge in [0.15, 0.2) is 0 Å². The van der Waals surface area contributed by atoms with E-state index in [2.05, 4.69) is 0 Å². The second kappa shape index (κ2) is 7.49. The number of hydrogen-bond donors (Lipinski definition) is 0. The molecular weight excluding hydrogens is 300 g/mol. The Morgan fingerprint density at radius 3 is 2.83 bits per heavy atom. The van der Waals surface area contributed by atoms with Crippen LogP contribution in [0.2, 0.25) is 0 Å². The molecule has 1 atom stereocenters. The first-order chi connectivity index (χ1) is 11.0. The third kappa shape index (κ3) is 4.35. The van der Waals surface area contributed by atoms with E-state index in [1.807, 2.05) is 0 Å². The molecule has 0 N–H and O–H groups in total. The summed E-state index contributed by atoms with van der Waals surface area (Å²) in [6.07, 6.45) is 2.15. The van der Waals surface area contributed by atoms with Crippen molar-refractivity contribution in [3.63, 3.8) is 0 Å². The Kier molecular flexibility index (Phi) is 5.41. The van der Waals surface area contributed by atoms with Gasteiger partial charge in [-0.2, -0.15) is 0 Å². The van der Waals surface area contributed by atoms with Gasteiger partial charge in [-0.1, -0.05) is 6.08 Å². The Bertz CT molecular complexity index is 774. The molecule has 0 spiro atoms. The second-order valence-corrected chi connectivity index (χ2v) is 4.75. The highest BCUT2D eigenvalue weighted by atomic mass is 16.7. The summed E-state index contributed by atoms with van der Waals surface area (Å²) in [4.78, 5) is 22.9. The number of benzene rings is 1. The highest BCUT2D eigenvalue weighted by molar-refractivity contribution is 5.87. The van der Waals surface area contributed by atoms with Gasteiger partial charge in [0, 0.05) is 17.5 Å². The molecule has 2 rings (SSSR count). The highest BCUT2D eigenvalue weighted by Gasteiger charge is 2.08. The molecular formula is C17H18O6. The average molecular weight is 318 g/mol. The van der Waals surface area contributed by atoms with Crippen LogP contribution in [0, 0.1) is 0 Å². The maximum atomic E-state index is 11.7. The van der Waals surface area contributed by atoms with E-state index in [-0.39, 0.29) is 6.61 Å². The van der Waals surface area contributed by atoms with Crippen molar-refractivity contribution < 1.29 is 23.4 Å². The van der Waals surface area contributed by atoms with Crippen molar-refractivity contribution in [2.45, 2.75) is 20.0 Å². The predicted molar refractivity (Wildman–Crippen MR) is 85.6 cm³/mol. The molecule has 1 heterocycles. The number of carbonyl (C=O) groups excluding carboxylic acids is 1. The van der Waals surface area contributed by atoms with Gasteiger partial charge in [0.2, 0.25) is 0 Å². The first kappa shape index (κ1) is 16.6. The van der Waals surface area contributed by atoms with Gasteiger partial charge in [0.05, 0.1) is 13.7 Å². The standard InChI is InChI=1S/C17H18O6/c1-4-21-17(19)22-11(2)5-6-12-9-16(18)23-15-10-13(20-3)7-8-14(12)15/h5-11H,4H2,1-3H3/b6-5+. The Hall–Kier alpha value is -2.76. The Balaban J connectivity index is 2.27. The van der Waals surface area contributed by atoms with E-state index in [1.165, 1.54) is 13.2 Å². The fourth-order valence-electron chi connectivity index (χ4n) is 2.02. The number of methoxy groups -OCH3 is 1. The van der Waals surface area contributed by atoms with Gasteiger partial charge in [-0.3, -0.25) is 0 Å². The lowest BCUT2D eigenvalue weighted by molar-refractivity contribution is 0.0456. The Labute approximate surface area is 133 Å². The van der Waals surface area contributed by atoms with E-state index in [1.54, 1.807) is 44.2 Å². The van der Waals surface area contributed by atoms with E-state index < -0.39 is 17.9 Å². The quantitative estimate of drug-likeness (QED) is 0.621. The lowest BCUT2D eigenvalue weighted by atomic mass is 10.1. The monoisotopic (exact) mass is 318 g/mol. The van der Waals surface area contributed by atoms with Crippen LogP contribution in [0.5, 0.6) is 5.75 Å². The summed E-state index contributed by atoms with van der Waals surface area (Å²) >= 11 is 0. The molecule has 6 heteroatoms. The van der Waals surface area contributed by atoms with Crippen LogP contribution in [0.3, 0.4) is 0 Å². The molecule has 2 aromatic rings. The summed E-state index contributed by atoms with van der Waals surface area (Å²) in [6.45, 7) is 3.65. The van der Waals surface area contributed by atoms with E-state index in [4.69, 9.17) is 18.6 Å². The molecule has 122 valence electrons. The van der Waals surface area contributed by atoms with Crippen molar-refractivity contribution in [3.8, 4) is 5.75 Å². The number of ether oxygens (including phenoxy) is 3. The van der Waals surface area contributed by atoms with E-state index >= 15 is 0 Å². The summed E-state index contributed by atoms with van der Waals surface area (Å²) in [7, 11) is 1.54. The topological polar surface area (TPSA) is 75.0 Å². The smallest absolute Gasteiger partial charge is 0.497 e. The zero-order chi connectivity index (χ0) is 16.8. The molecule has 0 saturated heterocycles. The third-order valence-electron chi connectivity index (χ3n) is 3.07. The van der Waals surface area contributed by atoms with Gasteiger partial charge in [0.25, 0.3) is 0 Å². The number of fused-ring (bicyclic) bond motifs is 1. The SMILES string of the molecule is CCOC(=O)OC(C)/C=C/c1cc(=O)oc2cc(OC)ccc12. The van der Waals surface area contributed by atoms with Crippen LogP contribution in [0.25, 0.3) is 17.0 Å². The molecule has 0 fully saturated rings. The minimum Gasteiger partial charge on any atom is -0.497 e. The Morgan fingerprint density at radius 1 is 1.35 bits per heavy atom. The first-order valence-electron chi connectivity index (χ1n) is 7.17. The number of carbonyl (C=O) groups is 1. The van der Waals surface area contributed by atoms with E-state index in [0.717, 1.165) is 5.39 Å². The predicted octanol–water partition coefficient (Wildman–Crippen LogP) is 3.38. The van der Waals surface area contributed by atoms with E-state index in [9.17, 15) is 9.59 Å². The minimum absolute atomic E-state index is 0.251. The van der Waals surface area contributed by atoms with Crippen molar-refractivity contribution in [3.05, 3.63) is 46.3 Å². The van der Waals surface area contributed by atoms with E-state index in [0.29, 0.717) is 16.9 Å². The lowest BCUT2D eigenvalue weighted by Gasteiger charge is -2.08. The Morgan fingerprint density at radius 2 is 2.13 bits per heavy atom. The van der Waals surface area contributed by atoms with Crippen molar-refractivity contribution in [1.82, 2.24) is 0 Å². The molecule has 6 nitrogen and oxygen atoms in total. The largest absolute Gasteiger partial charge is 0.508 e. The summed E-state index contributed by atoms with van der Waals surface area (Å²) in [5.41, 5.74) is 0.623. The molecule has 0 saturated carbocycles. The molecule has 1 unspecified atom stereocenters. The van der Waals surface area contributed by atoms with Crippen molar-refractivity contribution >= 4 is 23.2 Å². The van der Waals surface area contributed by atoms with Gasteiger partial charge in [-0.05, 0) is 37.6 Å². The maximum Gasteiger partial charge on any atom is 0.508 e. The van der Waals surface area contributed by atoms with Crippen molar-refractivity contribution in [2.24, 2.45) is 0 Å². The number of rotatable bonds is 5. The molecule has 0 amide bonds. The average Bonchev–Trinajstić information content (AvgIpc) is 2.51. The molecule has 0 aliphatic rings. The molecule has 23 heavy (non-hydrogen) atoms. The van der Waals surface area contributed by atoms with Gasteiger partial charge in [-0.15, -0.1) is 0 Å². The molecule has 0 radical (unpaired) electrons. The van der Waals surface area contributed by atoms with Crippen LogP contribution in [-0.4, -0.2) is 26.0 Å². The minimum atomic E-state index is -0.730. The third-order valence-corrected chi connectivity index (χ3v) is 3.07. The second-order valence-electron chi connectivity index (χ2n) is 4.75. The van der Waals surface area contributed by atoms with Crippen LogP contribution < -0.4 is 10.4 Å². The van der Waals surface area contributed by atoms with Crippen LogP contribution in [0.15, 0.2) is 39.6 Å². The zero-order valence-electron chi connectivity index (χ0n) is 13.2. The summed E-state index contributed by atoms with van der Waals surface area (Å²) in [5.74, 6) is 0.598. The summed E-state index contributed by atoms with van der Waals surface area (Å²) < 4.78 is 20.0. The maximum absolute atomic E-state index is 11.7. The molecule has 1 aromatic heterocycles. The normalized spacial score (nSPS) is 12.3. The molecule has 0 aliphatic heterocycles. The molecule has 0 bridgehead atoms. The van der Waals surface area contributed by atoms with Gasteiger partial charge < -0.3 is 18.6 Å². The lowest BCUT2D eigenvalue weighted by Crippen LogP contribution is -2.13. The first-order valence-corrected chi connectivity index (χ1v) is 7.17. The molecule has 1 aromatic carbocycles. The zero-order valence-corrected chi connectivity index (χ0v) is 13.2. The number of hydrogen-bond acceptors (Lipinski definition) is 6. The summed E-state index contributed by atoms with van der Waals surface area (Å²) in [5, 5.41) is 0.755. The van der Waals surface area contributed by atoms with Crippen molar-refractivity contribution in [1.29, 1.82) is 0 Å².